The van der Waals surface area contributed by atoms with Gasteiger partial charge in [-0.05, 0) is 30.2 Å². The van der Waals surface area contributed by atoms with Crippen LogP contribution in [0.4, 0.5) is 5.69 Å². The Kier molecular flexibility index (Phi) is 4.42. The maximum atomic E-state index is 5.70. The van der Waals surface area contributed by atoms with Crippen molar-refractivity contribution < 1.29 is 4.74 Å². The molecule has 4 heteroatoms. The van der Waals surface area contributed by atoms with E-state index in [1.807, 2.05) is 0 Å². The third-order valence-electron chi connectivity index (χ3n) is 3.23. The van der Waals surface area contributed by atoms with Crippen LogP contribution in [0.1, 0.15) is 12.0 Å². The molecule has 0 aromatic heterocycles. The van der Waals surface area contributed by atoms with Crippen LogP contribution in [0.15, 0.2) is 22.7 Å². The van der Waals surface area contributed by atoms with Crippen molar-refractivity contribution in [3.63, 3.8) is 0 Å². The van der Waals surface area contributed by atoms with Gasteiger partial charge in [0.05, 0.1) is 6.61 Å². The van der Waals surface area contributed by atoms with Crippen LogP contribution < -0.4 is 10.6 Å². The standard InChI is InChI=1S/C13H19BrN2O/c1-17-9-10-2-3-16(8-10)13-5-11(7-15)4-12(14)6-13/h4-6,10H,2-3,7-9,15H2,1H3. The van der Waals surface area contributed by atoms with Gasteiger partial charge in [-0.25, -0.2) is 0 Å². The van der Waals surface area contributed by atoms with Crippen LogP contribution in [0.2, 0.25) is 0 Å². The highest BCUT2D eigenvalue weighted by molar-refractivity contribution is 9.10. The number of anilines is 1. The molecule has 1 aromatic carbocycles. The smallest absolute Gasteiger partial charge is 0.0508 e. The van der Waals surface area contributed by atoms with Crippen molar-refractivity contribution in [3.8, 4) is 0 Å². The Morgan fingerprint density at radius 3 is 3.00 bits per heavy atom. The second-order valence-corrected chi connectivity index (χ2v) is 5.49. The van der Waals surface area contributed by atoms with Crippen LogP contribution in [0.3, 0.4) is 0 Å². The number of rotatable bonds is 4. The Balaban J connectivity index is 2.10. The molecule has 1 aromatic rings. The predicted octanol–water partition coefficient (Wildman–Crippen LogP) is 2.38. The Morgan fingerprint density at radius 2 is 2.29 bits per heavy atom. The Morgan fingerprint density at radius 1 is 1.47 bits per heavy atom. The van der Waals surface area contributed by atoms with Gasteiger partial charge in [0.2, 0.25) is 0 Å². The lowest BCUT2D eigenvalue weighted by Gasteiger charge is -2.20. The zero-order valence-corrected chi connectivity index (χ0v) is 11.7. The normalized spacial score (nSPS) is 19.9. The molecule has 1 heterocycles. The number of nitrogens with two attached hydrogens (primary N) is 1. The van der Waals surface area contributed by atoms with E-state index in [4.69, 9.17) is 10.5 Å². The molecule has 0 aliphatic carbocycles. The summed E-state index contributed by atoms with van der Waals surface area (Å²) in [7, 11) is 1.77. The van der Waals surface area contributed by atoms with Crippen LogP contribution in [0, 0.1) is 5.92 Å². The van der Waals surface area contributed by atoms with Crippen molar-refractivity contribution in [2.45, 2.75) is 13.0 Å². The number of benzene rings is 1. The second kappa shape index (κ2) is 5.85. The summed E-state index contributed by atoms with van der Waals surface area (Å²) in [6.45, 7) is 3.62. The zero-order chi connectivity index (χ0) is 12.3. The quantitative estimate of drug-likeness (QED) is 0.927. The van der Waals surface area contributed by atoms with E-state index >= 15 is 0 Å². The van der Waals surface area contributed by atoms with Gasteiger partial charge in [-0.1, -0.05) is 15.9 Å². The molecule has 0 radical (unpaired) electrons. The largest absolute Gasteiger partial charge is 0.384 e. The minimum absolute atomic E-state index is 0.585. The lowest BCUT2D eigenvalue weighted by atomic mass is 10.1. The first-order valence-corrected chi connectivity index (χ1v) is 6.75. The van der Waals surface area contributed by atoms with Gasteiger partial charge in [0, 0.05) is 42.8 Å². The monoisotopic (exact) mass is 298 g/mol. The number of halogens is 1. The number of hydrogen-bond donors (Lipinski definition) is 1. The summed E-state index contributed by atoms with van der Waals surface area (Å²) in [5.74, 6) is 0.653. The molecule has 3 nitrogen and oxygen atoms in total. The van der Waals surface area contributed by atoms with E-state index in [1.165, 1.54) is 17.7 Å². The number of nitrogens with zero attached hydrogens (tertiary/aromatic N) is 1. The van der Waals surface area contributed by atoms with E-state index in [1.54, 1.807) is 7.11 Å². The topological polar surface area (TPSA) is 38.5 Å². The van der Waals surface area contributed by atoms with Crippen LogP contribution in [0.25, 0.3) is 0 Å². The van der Waals surface area contributed by atoms with E-state index in [0.717, 1.165) is 24.2 Å². The second-order valence-electron chi connectivity index (χ2n) is 4.58. The van der Waals surface area contributed by atoms with Crippen molar-refractivity contribution in [3.05, 3.63) is 28.2 Å². The van der Waals surface area contributed by atoms with E-state index in [-0.39, 0.29) is 0 Å². The molecule has 2 N–H and O–H groups in total. The summed E-state index contributed by atoms with van der Waals surface area (Å²) in [5.41, 5.74) is 8.14. The molecule has 17 heavy (non-hydrogen) atoms. The first-order chi connectivity index (χ1) is 8.22. The number of ether oxygens (including phenoxy) is 1. The summed E-state index contributed by atoms with van der Waals surface area (Å²) < 4.78 is 6.33. The average Bonchev–Trinajstić information content (AvgIpc) is 2.77. The van der Waals surface area contributed by atoms with Gasteiger partial charge in [0.25, 0.3) is 0 Å². The molecule has 1 aliphatic rings. The molecule has 1 atom stereocenters. The summed E-state index contributed by atoms with van der Waals surface area (Å²) >= 11 is 3.54. The van der Waals surface area contributed by atoms with Gasteiger partial charge in [-0.15, -0.1) is 0 Å². The molecule has 2 rings (SSSR count). The highest BCUT2D eigenvalue weighted by Crippen LogP contribution is 2.27. The number of hydrogen-bond acceptors (Lipinski definition) is 3. The van der Waals surface area contributed by atoms with E-state index in [2.05, 4.69) is 39.0 Å². The van der Waals surface area contributed by atoms with Gasteiger partial charge in [-0.2, -0.15) is 0 Å². The van der Waals surface area contributed by atoms with Crippen molar-refractivity contribution in [2.75, 3.05) is 31.7 Å². The summed E-state index contributed by atoms with van der Waals surface area (Å²) in [4.78, 5) is 2.41. The number of methoxy groups -OCH3 is 1. The van der Waals surface area contributed by atoms with Gasteiger partial charge in [0.15, 0.2) is 0 Å². The fourth-order valence-electron chi connectivity index (χ4n) is 2.37. The maximum absolute atomic E-state index is 5.70. The minimum atomic E-state index is 0.585. The SMILES string of the molecule is COCC1CCN(c2cc(Br)cc(CN)c2)C1. The molecule has 1 saturated heterocycles. The highest BCUT2D eigenvalue weighted by atomic mass is 79.9. The molecule has 94 valence electrons. The Labute approximate surface area is 111 Å². The van der Waals surface area contributed by atoms with Gasteiger partial charge in [0.1, 0.15) is 0 Å². The molecule has 0 saturated carbocycles. The van der Waals surface area contributed by atoms with Crippen LogP contribution in [0.5, 0.6) is 0 Å². The summed E-state index contributed by atoms with van der Waals surface area (Å²) in [6, 6.07) is 6.42. The molecule has 0 bridgehead atoms. The zero-order valence-electron chi connectivity index (χ0n) is 10.2. The van der Waals surface area contributed by atoms with E-state index < -0.39 is 0 Å². The third kappa shape index (κ3) is 3.21. The van der Waals surface area contributed by atoms with Gasteiger partial charge < -0.3 is 15.4 Å². The first kappa shape index (κ1) is 12.9. The molecular weight excluding hydrogens is 280 g/mol. The first-order valence-electron chi connectivity index (χ1n) is 5.96. The Bertz CT molecular complexity index is 384. The maximum Gasteiger partial charge on any atom is 0.0508 e. The Hall–Kier alpha value is -0.580. The fourth-order valence-corrected chi connectivity index (χ4v) is 2.90. The van der Waals surface area contributed by atoms with E-state index in [9.17, 15) is 0 Å². The third-order valence-corrected chi connectivity index (χ3v) is 3.69. The van der Waals surface area contributed by atoms with Crippen molar-refractivity contribution in [1.82, 2.24) is 0 Å². The molecule has 1 fully saturated rings. The van der Waals surface area contributed by atoms with Crippen LogP contribution in [-0.2, 0) is 11.3 Å². The minimum Gasteiger partial charge on any atom is -0.384 e. The summed E-state index contributed by atoms with van der Waals surface area (Å²) in [5, 5.41) is 0. The van der Waals surface area contributed by atoms with Crippen LogP contribution >= 0.6 is 15.9 Å². The highest BCUT2D eigenvalue weighted by Gasteiger charge is 2.22. The molecule has 1 unspecified atom stereocenters. The van der Waals surface area contributed by atoms with Crippen molar-refractivity contribution in [2.24, 2.45) is 11.7 Å². The average molecular weight is 299 g/mol. The molecule has 0 spiro atoms. The van der Waals surface area contributed by atoms with E-state index in [0.29, 0.717) is 12.5 Å². The van der Waals surface area contributed by atoms with Crippen LogP contribution in [-0.4, -0.2) is 26.8 Å². The predicted molar refractivity (Wildman–Crippen MR) is 74.2 cm³/mol. The molecule has 0 amide bonds. The van der Waals surface area contributed by atoms with Crippen molar-refractivity contribution >= 4 is 21.6 Å². The fraction of sp³-hybridized carbons (Fsp3) is 0.538. The molecule has 1 aliphatic heterocycles. The summed E-state index contributed by atoms with van der Waals surface area (Å²) in [6.07, 6.45) is 1.21. The van der Waals surface area contributed by atoms with Gasteiger partial charge >= 0.3 is 0 Å². The molecular formula is C13H19BrN2O. The lowest BCUT2D eigenvalue weighted by Crippen LogP contribution is -2.21. The van der Waals surface area contributed by atoms with Crippen molar-refractivity contribution in [1.29, 1.82) is 0 Å². The van der Waals surface area contributed by atoms with Gasteiger partial charge in [-0.3, -0.25) is 0 Å². The lowest BCUT2D eigenvalue weighted by molar-refractivity contribution is 0.161.